The lowest BCUT2D eigenvalue weighted by atomic mass is 9.95. The summed E-state index contributed by atoms with van der Waals surface area (Å²) in [6.45, 7) is 6.82. The minimum atomic E-state index is 0.676. The first-order chi connectivity index (χ1) is 7.74. The minimum absolute atomic E-state index is 0.676. The van der Waals surface area contributed by atoms with Crippen LogP contribution in [0.5, 0.6) is 0 Å². The number of hydrogen-bond donors (Lipinski definition) is 2. The van der Waals surface area contributed by atoms with E-state index in [9.17, 15) is 0 Å². The Labute approximate surface area is 98.1 Å². The van der Waals surface area contributed by atoms with Crippen molar-refractivity contribution >= 4 is 0 Å². The first kappa shape index (κ1) is 11.6. The zero-order valence-electron chi connectivity index (χ0n) is 10.4. The summed E-state index contributed by atoms with van der Waals surface area (Å²) in [5, 5.41) is 3.46. The fourth-order valence-corrected chi connectivity index (χ4v) is 2.41. The van der Waals surface area contributed by atoms with Crippen molar-refractivity contribution in [1.82, 2.24) is 15.3 Å². The van der Waals surface area contributed by atoms with Crippen LogP contribution in [0, 0.1) is 11.8 Å². The Hall–Kier alpha value is -0.830. The largest absolute Gasteiger partial charge is 0.346 e. The van der Waals surface area contributed by atoms with E-state index in [1.165, 1.54) is 31.6 Å². The van der Waals surface area contributed by atoms with E-state index in [0.29, 0.717) is 5.92 Å². The van der Waals surface area contributed by atoms with Gasteiger partial charge in [-0.05, 0) is 44.2 Å². The Morgan fingerprint density at radius 3 is 3.06 bits per heavy atom. The lowest BCUT2D eigenvalue weighted by molar-refractivity contribution is 0.374. The second-order valence-corrected chi connectivity index (χ2v) is 5.37. The van der Waals surface area contributed by atoms with Crippen molar-refractivity contribution in [2.75, 3.05) is 13.1 Å². The molecule has 1 aromatic heterocycles. The Balaban J connectivity index is 1.86. The van der Waals surface area contributed by atoms with Gasteiger partial charge < -0.3 is 10.3 Å². The molecular weight excluding hydrogens is 198 g/mol. The maximum atomic E-state index is 4.45. The van der Waals surface area contributed by atoms with E-state index in [1.54, 1.807) is 0 Å². The van der Waals surface area contributed by atoms with Crippen molar-refractivity contribution in [3.63, 3.8) is 0 Å². The summed E-state index contributed by atoms with van der Waals surface area (Å²) in [4.78, 5) is 7.90. The number of piperidine rings is 1. The molecule has 0 saturated carbocycles. The molecule has 16 heavy (non-hydrogen) atoms. The van der Waals surface area contributed by atoms with Crippen LogP contribution in [0.4, 0.5) is 0 Å². The Bertz CT molecular complexity index is 311. The predicted octanol–water partition coefficient (Wildman–Crippen LogP) is 2.15. The number of imidazole rings is 1. The smallest absolute Gasteiger partial charge is 0.106 e. The van der Waals surface area contributed by atoms with E-state index in [2.05, 4.69) is 29.1 Å². The average molecular weight is 221 g/mol. The molecule has 90 valence electrons. The maximum absolute atomic E-state index is 4.45. The highest BCUT2D eigenvalue weighted by Gasteiger charge is 2.14. The molecule has 3 heteroatoms. The standard InChI is InChI=1S/C13H23N3/c1-10(2)6-13-15-9-12(16-13)7-11-4-3-5-14-8-11/h9-11,14H,3-8H2,1-2H3,(H,15,16). The number of nitrogens with zero attached hydrogens (tertiary/aromatic N) is 1. The van der Waals surface area contributed by atoms with Gasteiger partial charge in [0, 0.05) is 18.3 Å². The summed E-state index contributed by atoms with van der Waals surface area (Å²) in [7, 11) is 0. The highest BCUT2D eigenvalue weighted by atomic mass is 14.9. The van der Waals surface area contributed by atoms with Gasteiger partial charge >= 0.3 is 0 Å². The second-order valence-electron chi connectivity index (χ2n) is 5.37. The molecule has 0 amide bonds. The minimum Gasteiger partial charge on any atom is -0.346 e. The van der Waals surface area contributed by atoms with Crippen molar-refractivity contribution in [1.29, 1.82) is 0 Å². The van der Waals surface area contributed by atoms with Gasteiger partial charge in [0.05, 0.1) is 0 Å². The van der Waals surface area contributed by atoms with Crippen LogP contribution in [0.25, 0.3) is 0 Å². The number of H-pyrrole nitrogens is 1. The molecule has 0 radical (unpaired) electrons. The number of nitrogens with one attached hydrogen (secondary N) is 2. The van der Waals surface area contributed by atoms with Gasteiger partial charge in [-0.2, -0.15) is 0 Å². The van der Waals surface area contributed by atoms with Gasteiger partial charge in [0.2, 0.25) is 0 Å². The van der Waals surface area contributed by atoms with Gasteiger partial charge in [0.1, 0.15) is 5.82 Å². The van der Waals surface area contributed by atoms with Crippen molar-refractivity contribution in [3.8, 4) is 0 Å². The molecule has 2 N–H and O–H groups in total. The Morgan fingerprint density at radius 1 is 1.50 bits per heavy atom. The van der Waals surface area contributed by atoms with Crippen molar-refractivity contribution in [2.24, 2.45) is 11.8 Å². The van der Waals surface area contributed by atoms with Crippen LogP contribution in [-0.4, -0.2) is 23.1 Å². The number of aromatic nitrogens is 2. The molecule has 1 fully saturated rings. The normalized spacial score (nSPS) is 21.6. The molecule has 1 unspecified atom stereocenters. The quantitative estimate of drug-likeness (QED) is 0.818. The van der Waals surface area contributed by atoms with E-state index in [0.717, 1.165) is 24.6 Å². The van der Waals surface area contributed by atoms with Crippen LogP contribution >= 0.6 is 0 Å². The average Bonchev–Trinajstić information content (AvgIpc) is 2.66. The molecule has 0 aromatic carbocycles. The molecule has 1 atom stereocenters. The Kier molecular flexibility index (Phi) is 3.99. The number of aromatic amines is 1. The highest BCUT2D eigenvalue weighted by Crippen LogP contribution is 2.15. The molecule has 0 spiro atoms. The van der Waals surface area contributed by atoms with Crippen LogP contribution in [0.15, 0.2) is 6.20 Å². The molecule has 1 aliphatic heterocycles. The fraction of sp³-hybridized carbons (Fsp3) is 0.769. The number of hydrogen-bond acceptors (Lipinski definition) is 2. The number of rotatable bonds is 4. The van der Waals surface area contributed by atoms with Crippen molar-refractivity contribution in [3.05, 3.63) is 17.7 Å². The molecule has 3 nitrogen and oxygen atoms in total. The van der Waals surface area contributed by atoms with Gasteiger partial charge in [0.25, 0.3) is 0 Å². The molecule has 1 aliphatic rings. The van der Waals surface area contributed by atoms with Gasteiger partial charge in [-0.15, -0.1) is 0 Å². The van der Waals surface area contributed by atoms with Crippen LogP contribution in [0.3, 0.4) is 0 Å². The monoisotopic (exact) mass is 221 g/mol. The Morgan fingerprint density at radius 2 is 2.38 bits per heavy atom. The van der Waals surface area contributed by atoms with Crippen LogP contribution in [0.1, 0.15) is 38.2 Å². The SMILES string of the molecule is CC(C)Cc1ncc(CC2CCCNC2)[nH]1. The molecule has 1 aromatic rings. The second kappa shape index (κ2) is 5.48. The van der Waals surface area contributed by atoms with Crippen LogP contribution in [-0.2, 0) is 12.8 Å². The first-order valence-corrected chi connectivity index (χ1v) is 6.47. The van der Waals surface area contributed by atoms with Gasteiger partial charge in [0.15, 0.2) is 0 Å². The third-order valence-electron chi connectivity index (χ3n) is 3.19. The summed E-state index contributed by atoms with van der Waals surface area (Å²) in [6, 6.07) is 0. The first-order valence-electron chi connectivity index (χ1n) is 6.47. The third-order valence-corrected chi connectivity index (χ3v) is 3.19. The summed E-state index contributed by atoms with van der Waals surface area (Å²) >= 11 is 0. The van der Waals surface area contributed by atoms with E-state index in [-0.39, 0.29) is 0 Å². The van der Waals surface area contributed by atoms with Crippen molar-refractivity contribution in [2.45, 2.75) is 39.5 Å². The highest BCUT2D eigenvalue weighted by molar-refractivity contribution is 5.03. The zero-order chi connectivity index (χ0) is 11.4. The lowest BCUT2D eigenvalue weighted by Crippen LogP contribution is -2.30. The summed E-state index contributed by atoms with van der Waals surface area (Å²) in [5.41, 5.74) is 1.31. The summed E-state index contributed by atoms with van der Waals surface area (Å²) in [5.74, 6) is 2.62. The van der Waals surface area contributed by atoms with Gasteiger partial charge in [-0.1, -0.05) is 13.8 Å². The lowest BCUT2D eigenvalue weighted by Gasteiger charge is -2.21. The van der Waals surface area contributed by atoms with Crippen LogP contribution in [0.2, 0.25) is 0 Å². The van der Waals surface area contributed by atoms with Crippen molar-refractivity contribution < 1.29 is 0 Å². The maximum Gasteiger partial charge on any atom is 0.106 e. The molecule has 1 saturated heterocycles. The fourth-order valence-electron chi connectivity index (χ4n) is 2.41. The topological polar surface area (TPSA) is 40.7 Å². The van der Waals surface area contributed by atoms with E-state index < -0.39 is 0 Å². The van der Waals surface area contributed by atoms with Gasteiger partial charge in [-0.3, -0.25) is 0 Å². The zero-order valence-corrected chi connectivity index (χ0v) is 10.4. The molecule has 2 heterocycles. The van der Waals surface area contributed by atoms with E-state index >= 15 is 0 Å². The van der Waals surface area contributed by atoms with E-state index in [1.807, 2.05) is 6.20 Å². The third kappa shape index (κ3) is 3.34. The van der Waals surface area contributed by atoms with E-state index in [4.69, 9.17) is 0 Å². The molecule has 0 bridgehead atoms. The van der Waals surface area contributed by atoms with Gasteiger partial charge in [-0.25, -0.2) is 4.98 Å². The molecular formula is C13H23N3. The summed E-state index contributed by atoms with van der Waals surface area (Å²) < 4.78 is 0. The summed E-state index contributed by atoms with van der Waals surface area (Å²) in [6.07, 6.45) is 6.90. The molecule has 2 rings (SSSR count). The van der Waals surface area contributed by atoms with Crippen LogP contribution < -0.4 is 5.32 Å². The molecule has 0 aliphatic carbocycles. The predicted molar refractivity (Wildman–Crippen MR) is 66.4 cm³/mol.